The van der Waals surface area contributed by atoms with Gasteiger partial charge in [0.05, 0.1) is 19.9 Å². The van der Waals surface area contributed by atoms with Crippen molar-refractivity contribution in [2.45, 2.75) is 6.92 Å². The highest BCUT2D eigenvalue weighted by atomic mass is 16.5. The Morgan fingerprint density at radius 3 is 2.54 bits per heavy atom. The van der Waals surface area contributed by atoms with E-state index in [-0.39, 0.29) is 5.69 Å². The Hall–Kier alpha value is -3.29. The van der Waals surface area contributed by atoms with Crippen LogP contribution in [0.4, 0.5) is 0 Å². The lowest BCUT2D eigenvalue weighted by Crippen LogP contribution is -2.06. The van der Waals surface area contributed by atoms with Gasteiger partial charge in [0.25, 0.3) is 0 Å². The monoisotopic (exact) mass is 325 g/mol. The molecule has 3 aromatic heterocycles. The van der Waals surface area contributed by atoms with Gasteiger partial charge >= 0.3 is 5.97 Å². The number of hydrogen-bond donors (Lipinski definition) is 0. The lowest BCUT2D eigenvalue weighted by molar-refractivity contribution is 0.0593. The SMILES string of the molecule is COC(=O)c1cc(-c2ccc(C)nc2)n(-c2ccc(OC)nn2)n1. The van der Waals surface area contributed by atoms with Crippen molar-refractivity contribution < 1.29 is 14.3 Å². The number of carbonyl (C=O) groups is 1. The number of rotatable bonds is 4. The molecule has 3 heterocycles. The second-order valence-electron chi connectivity index (χ2n) is 4.94. The van der Waals surface area contributed by atoms with Crippen molar-refractivity contribution in [3.63, 3.8) is 0 Å². The number of methoxy groups -OCH3 is 2. The molecule has 3 aromatic rings. The van der Waals surface area contributed by atoms with E-state index in [1.165, 1.54) is 18.9 Å². The molecule has 0 aromatic carbocycles. The van der Waals surface area contributed by atoms with Crippen molar-refractivity contribution in [3.05, 3.63) is 47.9 Å². The van der Waals surface area contributed by atoms with Crippen LogP contribution in [0.5, 0.6) is 5.88 Å². The molecule has 0 spiro atoms. The van der Waals surface area contributed by atoms with Crippen molar-refractivity contribution >= 4 is 5.97 Å². The van der Waals surface area contributed by atoms with E-state index in [4.69, 9.17) is 9.47 Å². The molecular weight excluding hydrogens is 310 g/mol. The Labute approximate surface area is 138 Å². The minimum Gasteiger partial charge on any atom is -0.480 e. The van der Waals surface area contributed by atoms with Gasteiger partial charge < -0.3 is 9.47 Å². The molecule has 24 heavy (non-hydrogen) atoms. The first-order valence-corrected chi connectivity index (χ1v) is 7.12. The summed E-state index contributed by atoms with van der Waals surface area (Å²) in [5.41, 5.74) is 2.51. The predicted molar refractivity (Wildman–Crippen MR) is 85.0 cm³/mol. The maximum Gasteiger partial charge on any atom is 0.358 e. The summed E-state index contributed by atoms with van der Waals surface area (Å²) in [6, 6.07) is 8.77. The lowest BCUT2D eigenvalue weighted by Gasteiger charge is -2.06. The van der Waals surface area contributed by atoms with Gasteiger partial charge in [0.1, 0.15) is 0 Å². The number of ether oxygens (including phenoxy) is 2. The lowest BCUT2D eigenvalue weighted by atomic mass is 10.2. The molecule has 0 aliphatic carbocycles. The summed E-state index contributed by atoms with van der Waals surface area (Å²) >= 11 is 0. The number of aromatic nitrogens is 5. The van der Waals surface area contributed by atoms with Crippen LogP contribution in [-0.2, 0) is 4.74 Å². The van der Waals surface area contributed by atoms with Crippen LogP contribution in [0.25, 0.3) is 17.1 Å². The molecule has 8 nitrogen and oxygen atoms in total. The fraction of sp³-hybridized carbons (Fsp3) is 0.188. The molecule has 0 aliphatic heterocycles. The standard InChI is InChI=1S/C16H15N5O3/c1-10-4-5-11(9-17-10)13-8-12(16(22)24-3)20-21(13)14-6-7-15(23-2)19-18-14/h4-9H,1-3H3. The zero-order valence-corrected chi connectivity index (χ0v) is 13.4. The van der Waals surface area contributed by atoms with Crippen LogP contribution >= 0.6 is 0 Å². The van der Waals surface area contributed by atoms with E-state index in [2.05, 4.69) is 20.3 Å². The molecule has 0 N–H and O–H groups in total. The third kappa shape index (κ3) is 2.94. The summed E-state index contributed by atoms with van der Waals surface area (Å²) in [6.07, 6.45) is 1.71. The first kappa shape index (κ1) is 15.6. The molecule has 122 valence electrons. The molecule has 0 radical (unpaired) electrons. The molecule has 0 fully saturated rings. The second kappa shape index (κ2) is 6.45. The van der Waals surface area contributed by atoms with Gasteiger partial charge in [-0.05, 0) is 31.2 Å². The number of esters is 1. The quantitative estimate of drug-likeness (QED) is 0.676. The Morgan fingerprint density at radius 1 is 1.12 bits per heavy atom. The number of aryl methyl sites for hydroxylation is 1. The van der Waals surface area contributed by atoms with Crippen LogP contribution in [-0.4, -0.2) is 45.2 Å². The van der Waals surface area contributed by atoms with Gasteiger partial charge in [-0.25, -0.2) is 9.48 Å². The third-order valence-corrected chi connectivity index (χ3v) is 3.36. The topological polar surface area (TPSA) is 92.0 Å². The Balaban J connectivity index is 2.13. The van der Waals surface area contributed by atoms with Gasteiger partial charge in [-0.15, -0.1) is 10.2 Å². The van der Waals surface area contributed by atoms with Crippen molar-refractivity contribution in [1.29, 1.82) is 0 Å². The van der Waals surface area contributed by atoms with E-state index in [0.29, 0.717) is 17.4 Å². The largest absolute Gasteiger partial charge is 0.480 e. The van der Waals surface area contributed by atoms with E-state index >= 15 is 0 Å². The normalized spacial score (nSPS) is 10.5. The Morgan fingerprint density at radius 2 is 1.96 bits per heavy atom. The summed E-state index contributed by atoms with van der Waals surface area (Å²) in [6.45, 7) is 1.90. The Kier molecular flexibility index (Phi) is 4.19. The van der Waals surface area contributed by atoms with Gasteiger partial charge in [-0.3, -0.25) is 4.98 Å². The van der Waals surface area contributed by atoms with E-state index in [1.807, 2.05) is 19.1 Å². The van der Waals surface area contributed by atoms with E-state index in [1.54, 1.807) is 24.4 Å². The highest BCUT2D eigenvalue weighted by Gasteiger charge is 2.18. The number of nitrogens with zero attached hydrogens (tertiary/aromatic N) is 5. The molecular formula is C16H15N5O3. The molecule has 0 atom stereocenters. The fourth-order valence-corrected chi connectivity index (χ4v) is 2.12. The van der Waals surface area contributed by atoms with Crippen LogP contribution in [0.15, 0.2) is 36.5 Å². The second-order valence-corrected chi connectivity index (χ2v) is 4.94. The van der Waals surface area contributed by atoms with Crippen LogP contribution in [0.2, 0.25) is 0 Å². The smallest absolute Gasteiger partial charge is 0.358 e. The Bertz CT molecular complexity index is 856. The van der Waals surface area contributed by atoms with Crippen LogP contribution in [0, 0.1) is 6.92 Å². The summed E-state index contributed by atoms with van der Waals surface area (Å²) in [5, 5.41) is 12.3. The molecule has 0 bridgehead atoms. The zero-order valence-electron chi connectivity index (χ0n) is 13.4. The van der Waals surface area contributed by atoms with Crippen LogP contribution in [0.3, 0.4) is 0 Å². The fourth-order valence-electron chi connectivity index (χ4n) is 2.12. The molecule has 0 amide bonds. The molecule has 8 heteroatoms. The van der Waals surface area contributed by atoms with Gasteiger partial charge in [-0.2, -0.15) is 5.10 Å². The maximum absolute atomic E-state index is 11.8. The average molecular weight is 325 g/mol. The first-order valence-electron chi connectivity index (χ1n) is 7.12. The highest BCUT2D eigenvalue weighted by molar-refractivity contribution is 5.88. The highest BCUT2D eigenvalue weighted by Crippen LogP contribution is 2.23. The molecule has 3 rings (SSSR count). The molecule has 0 saturated carbocycles. The van der Waals surface area contributed by atoms with Gasteiger partial charge in [0.2, 0.25) is 5.88 Å². The minimum atomic E-state index is -0.531. The van der Waals surface area contributed by atoms with Gasteiger partial charge in [-0.1, -0.05) is 0 Å². The third-order valence-electron chi connectivity index (χ3n) is 3.36. The first-order chi connectivity index (χ1) is 11.6. The molecule has 0 aliphatic rings. The van der Waals surface area contributed by atoms with Crippen molar-refractivity contribution in [1.82, 2.24) is 25.0 Å². The average Bonchev–Trinajstić information content (AvgIpc) is 3.07. The molecule has 0 unspecified atom stereocenters. The van der Waals surface area contributed by atoms with E-state index in [0.717, 1.165) is 11.3 Å². The summed E-state index contributed by atoms with van der Waals surface area (Å²) in [4.78, 5) is 16.1. The predicted octanol–water partition coefficient (Wildman–Crippen LogP) is 1.83. The van der Waals surface area contributed by atoms with Crippen LogP contribution < -0.4 is 4.74 Å². The zero-order chi connectivity index (χ0) is 17.1. The van der Waals surface area contributed by atoms with Crippen molar-refractivity contribution in [2.24, 2.45) is 0 Å². The number of hydrogen-bond acceptors (Lipinski definition) is 7. The summed E-state index contributed by atoms with van der Waals surface area (Å²) < 4.78 is 11.3. The van der Waals surface area contributed by atoms with Crippen molar-refractivity contribution in [2.75, 3.05) is 14.2 Å². The van der Waals surface area contributed by atoms with Gasteiger partial charge in [0, 0.05) is 23.5 Å². The maximum atomic E-state index is 11.8. The summed E-state index contributed by atoms with van der Waals surface area (Å²) in [5.74, 6) is 0.302. The van der Waals surface area contributed by atoms with Gasteiger partial charge in [0.15, 0.2) is 11.5 Å². The van der Waals surface area contributed by atoms with Crippen LogP contribution in [0.1, 0.15) is 16.2 Å². The number of carbonyl (C=O) groups excluding carboxylic acids is 1. The van der Waals surface area contributed by atoms with Crippen molar-refractivity contribution in [3.8, 4) is 23.0 Å². The van der Waals surface area contributed by atoms with E-state index < -0.39 is 5.97 Å². The minimum absolute atomic E-state index is 0.172. The molecule has 0 saturated heterocycles. The van der Waals surface area contributed by atoms with E-state index in [9.17, 15) is 4.79 Å². The number of pyridine rings is 1. The summed E-state index contributed by atoms with van der Waals surface area (Å²) in [7, 11) is 2.82.